The number of hydrogen-bond donors (Lipinski definition) is 0. The third-order valence-corrected chi connectivity index (χ3v) is 6.10. The lowest BCUT2D eigenvalue weighted by atomic mass is 10.2. The molecular formula is C21H21F4N5O2. The van der Waals surface area contributed by atoms with E-state index in [0.29, 0.717) is 37.0 Å². The lowest BCUT2D eigenvalue weighted by molar-refractivity contribution is -0.138. The van der Waals surface area contributed by atoms with E-state index in [2.05, 4.69) is 15.0 Å². The number of nitrogens with zero attached hydrogens (tertiary/aromatic N) is 5. The molecule has 0 unspecified atom stereocenters. The average molecular weight is 451 g/mol. The van der Waals surface area contributed by atoms with Crippen LogP contribution in [0.3, 0.4) is 0 Å². The van der Waals surface area contributed by atoms with Gasteiger partial charge in [0.1, 0.15) is 6.10 Å². The molecule has 4 heterocycles. The van der Waals surface area contributed by atoms with Crippen LogP contribution in [0.4, 0.5) is 23.4 Å². The summed E-state index contributed by atoms with van der Waals surface area (Å²) in [6, 6.07) is 0.175. The fraction of sp³-hybridized carbons (Fsp3) is 0.524. The molecule has 0 bridgehead atoms. The minimum atomic E-state index is -4.67. The number of halogens is 4. The van der Waals surface area contributed by atoms with Crippen molar-refractivity contribution in [2.75, 3.05) is 24.5 Å². The molecular weight excluding hydrogens is 430 g/mol. The zero-order valence-corrected chi connectivity index (χ0v) is 17.1. The zero-order valence-electron chi connectivity index (χ0n) is 17.1. The van der Waals surface area contributed by atoms with Crippen LogP contribution in [-0.4, -0.2) is 57.5 Å². The van der Waals surface area contributed by atoms with Gasteiger partial charge in [0.05, 0.1) is 36.2 Å². The first-order chi connectivity index (χ1) is 15.3. The van der Waals surface area contributed by atoms with E-state index in [1.165, 1.54) is 4.90 Å². The molecule has 0 N–H and O–H groups in total. The van der Waals surface area contributed by atoms with Gasteiger partial charge in [-0.05, 0) is 18.9 Å². The summed E-state index contributed by atoms with van der Waals surface area (Å²) in [6.07, 6.45) is 1.82. The quantitative estimate of drug-likeness (QED) is 0.666. The number of ether oxygens (including phenoxy) is 1. The molecule has 2 atom stereocenters. The Balaban J connectivity index is 1.28. The number of carbonyl (C=O) groups is 1. The number of hydrogen-bond acceptors (Lipinski definition) is 6. The van der Waals surface area contributed by atoms with Crippen molar-refractivity contribution in [2.45, 2.75) is 49.9 Å². The largest absolute Gasteiger partial charge is 0.471 e. The minimum Gasteiger partial charge on any atom is -0.471 e. The molecule has 7 nitrogen and oxygen atoms in total. The average Bonchev–Trinajstić information content (AvgIpc) is 3.54. The number of pyridine rings is 1. The number of fused-ring (bicyclic) bond motifs is 1. The van der Waals surface area contributed by atoms with E-state index in [4.69, 9.17) is 4.74 Å². The van der Waals surface area contributed by atoms with E-state index in [0.717, 1.165) is 18.5 Å². The molecule has 2 aromatic rings. The summed E-state index contributed by atoms with van der Waals surface area (Å²) in [4.78, 5) is 28.3. The molecule has 3 fully saturated rings. The Morgan fingerprint density at radius 2 is 1.88 bits per heavy atom. The molecule has 1 amide bonds. The van der Waals surface area contributed by atoms with Gasteiger partial charge in [-0.25, -0.2) is 14.4 Å². The first kappa shape index (κ1) is 20.9. The van der Waals surface area contributed by atoms with Gasteiger partial charge in [-0.1, -0.05) is 0 Å². The molecule has 2 aliphatic heterocycles. The van der Waals surface area contributed by atoms with Crippen LogP contribution in [0.2, 0.25) is 0 Å². The lowest BCUT2D eigenvalue weighted by Crippen LogP contribution is -2.39. The lowest BCUT2D eigenvalue weighted by Gasteiger charge is -2.26. The van der Waals surface area contributed by atoms with Crippen LogP contribution in [0.5, 0.6) is 5.88 Å². The van der Waals surface area contributed by atoms with E-state index in [9.17, 15) is 22.4 Å². The number of rotatable bonds is 4. The third-order valence-electron chi connectivity index (χ3n) is 6.10. The van der Waals surface area contributed by atoms with E-state index in [-0.39, 0.29) is 43.4 Å². The molecule has 32 heavy (non-hydrogen) atoms. The highest BCUT2D eigenvalue weighted by Gasteiger charge is 2.40. The van der Waals surface area contributed by atoms with E-state index in [1.807, 2.05) is 0 Å². The van der Waals surface area contributed by atoms with Gasteiger partial charge in [0, 0.05) is 38.0 Å². The normalized spacial score (nSPS) is 23.8. The summed E-state index contributed by atoms with van der Waals surface area (Å²) in [7, 11) is 0. The Hall–Kier alpha value is -2.98. The maximum Gasteiger partial charge on any atom is 0.417 e. The molecule has 2 saturated heterocycles. The number of amides is 1. The van der Waals surface area contributed by atoms with Gasteiger partial charge >= 0.3 is 6.18 Å². The van der Waals surface area contributed by atoms with E-state index in [1.54, 1.807) is 17.3 Å². The highest BCUT2D eigenvalue weighted by molar-refractivity contribution is 5.78. The summed E-state index contributed by atoms with van der Waals surface area (Å²) in [5, 5.41) is 0. The van der Waals surface area contributed by atoms with Gasteiger partial charge in [-0.2, -0.15) is 13.2 Å². The molecule has 1 aliphatic carbocycles. The molecule has 0 aromatic carbocycles. The van der Waals surface area contributed by atoms with Crippen LogP contribution in [-0.2, 0) is 11.0 Å². The van der Waals surface area contributed by atoms with Gasteiger partial charge in [0.15, 0.2) is 11.6 Å². The zero-order chi connectivity index (χ0) is 22.5. The van der Waals surface area contributed by atoms with E-state index < -0.39 is 17.6 Å². The molecule has 3 aliphatic rings. The second-order valence-electron chi connectivity index (χ2n) is 8.45. The maximum atomic E-state index is 14.5. The number of carbonyl (C=O) groups excluding carboxylic acids is 1. The number of anilines is 1. The topological polar surface area (TPSA) is 71.5 Å². The highest BCUT2D eigenvalue weighted by atomic mass is 19.4. The Bertz CT molecular complexity index is 1010. The minimum absolute atomic E-state index is 0.105. The second-order valence-corrected chi connectivity index (χ2v) is 8.45. The summed E-state index contributed by atoms with van der Waals surface area (Å²) in [5.74, 6) is -0.470. The van der Waals surface area contributed by atoms with Crippen molar-refractivity contribution in [2.24, 2.45) is 0 Å². The number of alkyl halides is 3. The van der Waals surface area contributed by atoms with Crippen LogP contribution in [0, 0.1) is 5.82 Å². The van der Waals surface area contributed by atoms with Gasteiger partial charge in [-0.15, -0.1) is 0 Å². The maximum absolute atomic E-state index is 14.5. The highest BCUT2D eigenvalue weighted by Crippen LogP contribution is 2.39. The Morgan fingerprint density at radius 3 is 2.53 bits per heavy atom. The van der Waals surface area contributed by atoms with Gasteiger partial charge in [0.25, 0.3) is 0 Å². The van der Waals surface area contributed by atoms with Crippen molar-refractivity contribution in [3.63, 3.8) is 0 Å². The summed E-state index contributed by atoms with van der Waals surface area (Å²) >= 11 is 0. The van der Waals surface area contributed by atoms with Crippen molar-refractivity contribution in [1.82, 2.24) is 19.9 Å². The number of aromatic nitrogens is 3. The first-order valence-electron chi connectivity index (χ1n) is 10.5. The second kappa shape index (κ2) is 7.86. The van der Waals surface area contributed by atoms with Crippen LogP contribution in [0.15, 0.2) is 24.7 Å². The van der Waals surface area contributed by atoms with Crippen LogP contribution in [0.1, 0.15) is 42.9 Å². The van der Waals surface area contributed by atoms with Crippen LogP contribution in [0.25, 0.3) is 0 Å². The summed E-state index contributed by atoms with van der Waals surface area (Å²) in [5.41, 5.74) is -0.191. The Kier molecular flexibility index (Phi) is 5.13. The molecule has 0 spiro atoms. The SMILES string of the molecule is O=C1CCN(c2ncc(C(F)(F)F)cc2F)C[C@H]2C[C@H](Oc3cnc(C4CC4)cn3)CN12. The molecule has 11 heteroatoms. The van der Waals surface area contributed by atoms with Gasteiger partial charge in [0.2, 0.25) is 11.8 Å². The van der Waals surface area contributed by atoms with Crippen LogP contribution < -0.4 is 9.64 Å². The fourth-order valence-electron chi connectivity index (χ4n) is 4.32. The Morgan fingerprint density at radius 1 is 1.06 bits per heavy atom. The molecule has 170 valence electrons. The predicted octanol–water partition coefficient (Wildman–Crippen LogP) is 3.17. The molecule has 0 radical (unpaired) electrons. The first-order valence-corrected chi connectivity index (χ1v) is 10.5. The third kappa shape index (κ3) is 4.20. The van der Waals surface area contributed by atoms with E-state index >= 15 is 0 Å². The van der Waals surface area contributed by atoms with Crippen molar-refractivity contribution in [3.05, 3.63) is 41.7 Å². The smallest absolute Gasteiger partial charge is 0.417 e. The summed E-state index contributed by atoms with van der Waals surface area (Å²) in [6.45, 7) is 0.806. The predicted molar refractivity (Wildman–Crippen MR) is 105 cm³/mol. The van der Waals surface area contributed by atoms with Gasteiger partial charge < -0.3 is 14.5 Å². The van der Waals surface area contributed by atoms with Gasteiger partial charge in [-0.3, -0.25) is 9.78 Å². The summed E-state index contributed by atoms with van der Waals surface area (Å²) < 4.78 is 58.9. The van der Waals surface area contributed by atoms with Crippen molar-refractivity contribution < 1.29 is 27.1 Å². The fourth-order valence-corrected chi connectivity index (χ4v) is 4.32. The van der Waals surface area contributed by atoms with Crippen LogP contribution >= 0.6 is 0 Å². The van der Waals surface area contributed by atoms with Crippen molar-refractivity contribution in [1.29, 1.82) is 0 Å². The van der Waals surface area contributed by atoms with Crippen molar-refractivity contribution >= 4 is 11.7 Å². The standard InChI is InChI=1S/C21H21F4N5O2/c22-16-5-13(21(23,24)25)7-28-20(16)29-4-3-19(31)30-11-15(6-14(30)10-29)32-18-9-26-17(8-27-18)12-1-2-12/h5,7-9,12,14-15H,1-4,6,10-11H2/t14-,15+/m1/s1. The van der Waals surface area contributed by atoms with Crippen molar-refractivity contribution in [3.8, 4) is 5.88 Å². The monoisotopic (exact) mass is 451 g/mol. The Labute approximate surface area is 181 Å². The molecule has 2 aromatic heterocycles. The molecule has 1 saturated carbocycles. The molecule has 5 rings (SSSR count).